The molecule has 1 fully saturated rings. The average Bonchev–Trinajstić information content (AvgIpc) is 2.52. The van der Waals surface area contributed by atoms with Crippen molar-refractivity contribution in [2.24, 2.45) is 0 Å². The minimum absolute atomic E-state index is 0.0984. The summed E-state index contributed by atoms with van der Waals surface area (Å²) in [6.07, 6.45) is 4.26. The molecule has 0 spiro atoms. The molecule has 0 aromatic carbocycles. The van der Waals surface area contributed by atoms with E-state index in [0.717, 1.165) is 38.9 Å². The van der Waals surface area contributed by atoms with Crippen LogP contribution in [0.5, 0.6) is 0 Å². The molecule has 1 aliphatic rings. The van der Waals surface area contributed by atoms with Gasteiger partial charge < -0.3 is 20.2 Å². The molecule has 1 aromatic rings. The number of rotatable bonds is 5. The van der Waals surface area contributed by atoms with Crippen LogP contribution >= 0.6 is 11.6 Å². The van der Waals surface area contributed by atoms with Crippen molar-refractivity contribution in [3.05, 3.63) is 23.5 Å². The van der Waals surface area contributed by atoms with Gasteiger partial charge in [-0.3, -0.25) is 0 Å². The Balaban J connectivity index is 1.80. The first-order valence-electron chi connectivity index (χ1n) is 7.58. The lowest BCUT2D eigenvalue weighted by Crippen LogP contribution is -2.47. The molecule has 1 saturated heterocycles. The highest BCUT2D eigenvalue weighted by Gasteiger charge is 2.25. The van der Waals surface area contributed by atoms with Gasteiger partial charge in [-0.15, -0.1) is 0 Å². The molecule has 1 aromatic heterocycles. The van der Waals surface area contributed by atoms with Gasteiger partial charge in [-0.05, 0) is 38.4 Å². The van der Waals surface area contributed by atoms with Crippen molar-refractivity contribution in [2.45, 2.75) is 25.3 Å². The van der Waals surface area contributed by atoms with Gasteiger partial charge in [-0.25, -0.2) is 9.78 Å². The Morgan fingerprint density at radius 2 is 2.27 bits per heavy atom. The van der Waals surface area contributed by atoms with Crippen LogP contribution in [-0.2, 0) is 0 Å². The number of likely N-dealkylation sites (tertiary alicyclic amines) is 1. The van der Waals surface area contributed by atoms with Crippen molar-refractivity contribution in [1.82, 2.24) is 14.8 Å². The van der Waals surface area contributed by atoms with Crippen molar-refractivity contribution in [3.8, 4) is 0 Å². The first-order chi connectivity index (χ1) is 10.6. The minimum atomic E-state index is -0.0984. The van der Waals surface area contributed by atoms with Crippen LogP contribution in [0.25, 0.3) is 0 Å². The van der Waals surface area contributed by atoms with Crippen LogP contribution in [0.3, 0.4) is 0 Å². The largest absolute Gasteiger partial charge is 0.396 e. The van der Waals surface area contributed by atoms with Crippen molar-refractivity contribution < 1.29 is 9.90 Å². The van der Waals surface area contributed by atoms with E-state index in [2.05, 4.69) is 22.2 Å². The maximum absolute atomic E-state index is 12.2. The number of aromatic nitrogens is 1. The number of amides is 2. The second-order valence-corrected chi connectivity index (χ2v) is 5.96. The Kier molecular flexibility index (Phi) is 6.42. The molecule has 2 amide bonds. The van der Waals surface area contributed by atoms with Crippen LogP contribution in [-0.4, -0.2) is 65.3 Å². The highest BCUT2D eigenvalue weighted by molar-refractivity contribution is 6.29. The summed E-state index contributed by atoms with van der Waals surface area (Å²) in [5.74, 6) is 0. The number of pyridine rings is 1. The van der Waals surface area contributed by atoms with Gasteiger partial charge in [-0.1, -0.05) is 11.6 Å². The third kappa shape index (κ3) is 4.83. The summed E-state index contributed by atoms with van der Waals surface area (Å²) < 4.78 is 0. The van der Waals surface area contributed by atoms with E-state index < -0.39 is 0 Å². The van der Waals surface area contributed by atoms with Gasteiger partial charge in [0.05, 0.1) is 0 Å². The first-order valence-corrected chi connectivity index (χ1v) is 7.96. The van der Waals surface area contributed by atoms with Crippen molar-refractivity contribution in [2.75, 3.05) is 38.6 Å². The highest BCUT2D eigenvalue weighted by Crippen LogP contribution is 2.18. The number of piperidine rings is 1. The Hall–Kier alpha value is -1.37. The van der Waals surface area contributed by atoms with E-state index >= 15 is 0 Å². The number of urea groups is 1. The lowest BCUT2D eigenvalue weighted by Gasteiger charge is -2.36. The number of anilines is 1. The summed E-state index contributed by atoms with van der Waals surface area (Å²) >= 11 is 5.81. The fraction of sp³-hybridized carbons (Fsp3) is 0.600. The van der Waals surface area contributed by atoms with Gasteiger partial charge in [0.15, 0.2) is 0 Å². The highest BCUT2D eigenvalue weighted by atomic mass is 35.5. The summed E-state index contributed by atoms with van der Waals surface area (Å²) in [6.45, 7) is 2.58. The predicted octanol–water partition coefficient (Wildman–Crippen LogP) is 2.05. The number of hydrogen-bond acceptors (Lipinski definition) is 4. The quantitative estimate of drug-likeness (QED) is 0.813. The maximum atomic E-state index is 12.2. The standard InChI is InChI=1S/C15H23ClN4O2/c1-19(7-2-10-21)13-4-8-20(9-5-13)15(22)18-12-3-6-17-14(16)11-12/h3,6,11,13,21H,2,4-5,7-10H2,1H3,(H,17,18,22). The molecule has 7 heteroatoms. The van der Waals surface area contributed by atoms with Crippen LogP contribution in [0.1, 0.15) is 19.3 Å². The van der Waals surface area contributed by atoms with Crippen LogP contribution in [0, 0.1) is 0 Å². The zero-order valence-electron chi connectivity index (χ0n) is 12.8. The normalized spacial score (nSPS) is 16.1. The first kappa shape index (κ1) is 17.0. The minimum Gasteiger partial charge on any atom is -0.396 e. The molecule has 2 rings (SSSR count). The summed E-state index contributed by atoms with van der Waals surface area (Å²) in [6, 6.07) is 3.73. The van der Waals surface area contributed by atoms with E-state index in [-0.39, 0.29) is 12.6 Å². The number of nitrogens with zero attached hydrogens (tertiary/aromatic N) is 3. The molecule has 0 atom stereocenters. The summed E-state index contributed by atoms with van der Waals surface area (Å²) in [4.78, 5) is 20.2. The number of aliphatic hydroxyl groups is 1. The van der Waals surface area contributed by atoms with Crippen LogP contribution in [0.2, 0.25) is 5.15 Å². The molecule has 0 aliphatic carbocycles. The molecule has 122 valence electrons. The van der Waals surface area contributed by atoms with Gasteiger partial charge in [0.2, 0.25) is 0 Å². The van der Waals surface area contributed by atoms with Crippen molar-refractivity contribution in [1.29, 1.82) is 0 Å². The third-order valence-electron chi connectivity index (χ3n) is 4.02. The Bertz CT molecular complexity index is 492. The predicted molar refractivity (Wildman–Crippen MR) is 87.2 cm³/mol. The molecule has 1 aliphatic heterocycles. The average molecular weight is 327 g/mol. The smallest absolute Gasteiger partial charge is 0.321 e. The van der Waals surface area contributed by atoms with Gasteiger partial charge in [0.25, 0.3) is 0 Å². The van der Waals surface area contributed by atoms with E-state index in [1.165, 1.54) is 0 Å². The Labute approximate surface area is 136 Å². The lowest BCUT2D eigenvalue weighted by atomic mass is 10.0. The van der Waals surface area contributed by atoms with Crippen LogP contribution in [0.15, 0.2) is 18.3 Å². The summed E-state index contributed by atoms with van der Waals surface area (Å²) in [5.41, 5.74) is 0.659. The van der Waals surface area contributed by atoms with E-state index in [0.29, 0.717) is 16.9 Å². The van der Waals surface area contributed by atoms with E-state index in [9.17, 15) is 4.79 Å². The number of halogens is 1. The van der Waals surface area contributed by atoms with Crippen LogP contribution in [0.4, 0.5) is 10.5 Å². The number of nitrogens with one attached hydrogen (secondary N) is 1. The number of carbonyl (C=O) groups is 1. The molecule has 0 saturated carbocycles. The van der Waals surface area contributed by atoms with E-state index in [4.69, 9.17) is 16.7 Å². The molecular weight excluding hydrogens is 304 g/mol. The summed E-state index contributed by atoms with van der Waals surface area (Å²) in [5, 5.41) is 12.1. The fourth-order valence-electron chi connectivity index (χ4n) is 2.70. The second kappa shape index (κ2) is 8.31. The Morgan fingerprint density at radius 3 is 2.91 bits per heavy atom. The zero-order chi connectivity index (χ0) is 15.9. The second-order valence-electron chi connectivity index (χ2n) is 5.57. The molecule has 6 nitrogen and oxygen atoms in total. The van der Waals surface area contributed by atoms with Gasteiger partial charge in [-0.2, -0.15) is 0 Å². The zero-order valence-corrected chi connectivity index (χ0v) is 13.6. The number of aliphatic hydroxyl groups excluding tert-OH is 1. The van der Waals surface area contributed by atoms with E-state index in [1.807, 2.05) is 4.90 Å². The molecule has 22 heavy (non-hydrogen) atoms. The van der Waals surface area contributed by atoms with Crippen molar-refractivity contribution in [3.63, 3.8) is 0 Å². The van der Waals surface area contributed by atoms with Gasteiger partial charge >= 0.3 is 6.03 Å². The molecule has 2 heterocycles. The molecule has 2 N–H and O–H groups in total. The van der Waals surface area contributed by atoms with Gasteiger partial charge in [0.1, 0.15) is 5.15 Å². The molecule has 0 bridgehead atoms. The summed E-state index contributed by atoms with van der Waals surface area (Å²) in [7, 11) is 2.08. The Morgan fingerprint density at radius 1 is 1.55 bits per heavy atom. The fourth-order valence-corrected chi connectivity index (χ4v) is 2.87. The van der Waals surface area contributed by atoms with Crippen molar-refractivity contribution >= 4 is 23.3 Å². The molecular formula is C15H23ClN4O2. The van der Waals surface area contributed by atoms with Gasteiger partial charge in [0, 0.05) is 44.2 Å². The lowest BCUT2D eigenvalue weighted by molar-refractivity contribution is 0.134. The monoisotopic (exact) mass is 326 g/mol. The van der Waals surface area contributed by atoms with E-state index in [1.54, 1.807) is 18.3 Å². The number of carbonyl (C=O) groups excluding carboxylic acids is 1. The number of hydrogen-bond donors (Lipinski definition) is 2. The SMILES string of the molecule is CN(CCCO)C1CCN(C(=O)Nc2ccnc(Cl)c2)CC1. The molecule has 0 radical (unpaired) electrons. The molecule has 0 unspecified atom stereocenters. The third-order valence-corrected chi connectivity index (χ3v) is 4.23. The topological polar surface area (TPSA) is 68.7 Å². The van der Waals surface area contributed by atoms with Crippen LogP contribution < -0.4 is 5.32 Å². The maximum Gasteiger partial charge on any atom is 0.321 e.